The van der Waals surface area contributed by atoms with Crippen LogP contribution in [0.15, 0.2) is 41.8 Å². The second-order valence-electron chi connectivity index (χ2n) is 3.24. The van der Waals surface area contributed by atoms with Crippen molar-refractivity contribution in [2.75, 3.05) is 5.32 Å². The van der Waals surface area contributed by atoms with Gasteiger partial charge in [0, 0.05) is 17.7 Å². The summed E-state index contributed by atoms with van der Waals surface area (Å²) in [6, 6.07) is 9.10. The molecule has 0 aliphatic heterocycles. The van der Waals surface area contributed by atoms with Crippen molar-refractivity contribution in [3.05, 3.63) is 57.5 Å². The first-order chi connectivity index (χ1) is 8.16. The number of anilines is 1. The standard InChI is InChI=1S/C11H8N2O3S/c14-11(12-10-2-1-7-17-10)8-3-5-9(6-4-8)13(15)16/h1-7H,(H,12,14). The lowest BCUT2D eigenvalue weighted by Crippen LogP contribution is -2.10. The Bertz CT molecular complexity index is 534. The molecule has 17 heavy (non-hydrogen) atoms. The number of carbonyl (C=O) groups excluding carboxylic acids is 1. The third-order valence-corrected chi connectivity index (χ3v) is 2.88. The molecule has 0 radical (unpaired) electrons. The molecule has 0 aliphatic carbocycles. The third-order valence-electron chi connectivity index (χ3n) is 2.10. The zero-order chi connectivity index (χ0) is 12.3. The van der Waals surface area contributed by atoms with Crippen LogP contribution in [0, 0.1) is 10.1 Å². The van der Waals surface area contributed by atoms with E-state index in [1.807, 2.05) is 11.4 Å². The first-order valence-electron chi connectivity index (χ1n) is 4.76. The fraction of sp³-hybridized carbons (Fsp3) is 0. The van der Waals surface area contributed by atoms with Gasteiger partial charge >= 0.3 is 0 Å². The summed E-state index contributed by atoms with van der Waals surface area (Å²) in [6.45, 7) is 0. The number of nitrogens with one attached hydrogen (secondary N) is 1. The lowest BCUT2D eigenvalue weighted by Gasteiger charge is -2.01. The van der Waals surface area contributed by atoms with Crippen molar-refractivity contribution in [2.24, 2.45) is 0 Å². The monoisotopic (exact) mass is 248 g/mol. The number of nitro groups is 1. The van der Waals surface area contributed by atoms with Gasteiger partial charge in [-0.15, -0.1) is 11.3 Å². The Balaban J connectivity index is 2.12. The van der Waals surface area contributed by atoms with Crippen LogP contribution in [0.4, 0.5) is 10.7 Å². The zero-order valence-corrected chi connectivity index (χ0v) is 9.44. The Labute approximate surface area is 101 Å². The van der Waals surface area contributed by atoms with Crippen LogP contribution in [0.2, 0.25) is 0 Å². The van der Waals surface area contributed by atoms with Crippen LogP contribution in [0.5, 0.6) is 0 Å². The molecule has 0 fully saturated rings. The smallest absolute Gasteiger partial charge is 0.269 e. The van der Waals surface area contributed by atoms with Gasteiger partial charge in [-0.3, -0.25) is 14.9 Å². The van der Waals surface area contributed by atoms with Crippen molar-refractivity contribution >= 4 is 27.9 Å². The summed E-state index contributed by atoms with van der Waals surface area (Å²) in [6.07, 6.45) is 0. The number of hydrogen-bond donors (Lipinski definition) is 1. The lowest BCUT2D eigenvalue weighted by atomic mass is 10.2. The van der Waals surface area contributed by atoms with Gasteiger partial charge in [0.1, 0.15) is 0 Å². The Morgan fingerprint density at radius 2 is 1.94 bits per heavy atom. The quantitative estimate of drug-likeness (QED) is 0.670. The number of carbonyl (C=O) groups is 1. The molecule has 5 nitrogen and oxygen atoms in total. The fourth-order valence-corrected chi connectivity index (χ4v) is 1.88. The molecule has 0 spiro atoms. The van der Waals surface area contributed by atoms with Crippen LogP contribution in [0.1, 0.15) is 10.4 Å². The Morgan fingerprint density at radius 1 is 1.24 bits per heavy atom. The van der Waals surface area contributed by atoms with Crippen LogP contribution in [0.3, 0.4) is 0 Å². The molecule has 0 saturated carbocycles. The molecule has 1 aromatic heterocycles. The van der Waals surface area contributed by atoms with E-state index in [4.69, 9.17) is 0 Å². The summed E-state index contributed by atoms with van der Waals surface area (Å²) >= 11 is 1.41. The highest BCUT2D eigenvalue weighted by atomic mass is 32.1. The van der Waals surface area contributed by atoms with Crippen LogP contribution in [-0.2, 0) is 0 Å². The Kier molecular flexibility index (Phi) is 3.15. The number of amides is 1. The molecular weight excluding hydrogens is 240 g/mol. The van der Waals surface area contributed by atoms with Gasteiger partial charge in [-0.2, -0.15) is 0 Å². The van der Waals surface area contributed by atoms with Gasteiger partial charge in [0.2, 0.25) is 0 Å². The average molecular weight is 248 g/mol. The van der Waals surface area contributed by atoms with Crippen molar-refractivity contribution in [3.63, 3.8) is 0 Å². The minimum Gasteiger partial charge on any atom is -0.314 e. The molecular formula is C11H8N2O3S. The van der Waals surface area contributed by atoms with Crippen molar-refractivity contribution in [1.82, 2.24) is 0 Å². The summed E-state index contributed by atoms with van der Waals surface area (Å²) in [5, 5.41) is 15.7. The Morgan fingerprint density at radius 3 is 2.47 bits per heavy atom. The van der Waals surface area contributed by atoms with E-state index in [9.17, 15) is 14.9 Å². The number of rotatable bonds is 3. The van der Waals surface area contributed by atoms with E-state index >= 15 is 0 Å². The van der Waals surface area contributed by atoms with Crippen LogP contribution in [-0.4, -0.2) is 10.8 Å². The minimum absolute atomic E-state index is 0.0299. The van der Waals surface area contributed by atoms with Crippen molar-refractivity contribution < 1.29 is 9.72 Å². The van der Waals surface area contributed by atoms with E-state index in [2.05, 4.69) is 5.32 Å². The van der Waals surface area contributed by atoms with E-state index in [1.165, 1.54) is 35.6 Å². The first kappa shape index (κ1) is 11.3. The van der Waals surface area contributed by atoms with Gasteiger partial charge in [0.05, 0.1) is 9.92 Å². The maximum Gasteiger partial charge on any atom is 0.269 e. The first-order valence-corrected chi connectivity index (χ1v) is 5.64. The topological polar surface area (TPSA) is 72.2 Å². The predicted molar refractivity (Wildman–Crippen MR) is 65.4 cm³/mol. The van der Waals surface area contributed by atoms with Gasteiger partial charge < -0.3 is 5.32 Å². The summed E-state index contributed by atoms with van der Waals surface area (Å²) in [5.41, 5.74) is 0.363. The minimum atomic E-state index is -0.499. The molecule has 1 aromatic carbocycles. The number of hydrogen-bond acceptors (Lipinski definition) is 4. The number of nitrogens with zero attached hydrogens (tertiary/aromatic N) is 1. The van der Waals surface area contributed by atoms with Crippen molar-refractivity contribution in [2.45, 2.75) is 0 Å². The average Bonchev–Trinajstić information content (AvgIpc) is 2.82. The van der Waals surface area contributed by atoms with E-state index in [0.717, 1.165) is 5.00 Å². The maximum absolute atomic E-state index is 11.7. The molecule has 6 heteroatoms. The molecule has 2 aromatic rings. The molecule has 1 heterocycles. The molecule has 0 atom stereocenters. The van der Waals surface area contributed by atoms with E-state index in [1.54, 1.807) is 6.07 Å². The van der Waals surface area contributed by atoms with Gasteiger partial charge in [0.15, 0.2) is 0 Å². The highest BCUT2D eigenvalue weighted by molar-refractivity contribution is 7.14. The number of benzene rings is 1. The molecule has 0 unspecified atom stereocenters. The van der Waals surface area contributed by atoms with Crippen LogP contribution >= 0.6 is 11.3 Å². The molecule has 0 bridgehead atoms. The summed E-state index contributed by atoms with van der Waals surface area (Å²) in [7, 11) is 0. The van der Waals surface area contributed by atoms with Crippen molar-refractivity contribution in [1.29, 1.82) is 0 Å². The molecule has 0 aliphatic rings. The molecule has 86 valence electrons. The molecule has 0 saturated heterocycles. The van der Waals surface area contributed by atoms with E-state index in [-0.39, 0.29) is 11.6 Å². The largest absolute Gasteiger partial charge is 0.314 e. The molecule has 1 N–H and O–H groups in total. The number of nitro benzene ring substituents is 1. The third kappa shape index (κ3) is 2.67. The number of non-ortho nitro benzene ring substituents is 1. The van der Waals surface area contributed by atoms with Crippen molar-refractivity contribution in [3.8, 4) is 0 Å². The lowest BCUT2D eigenvalue weighted by molar-refractivity contribution is -0.384. The number of thiophene rings is 1. The van der Waals surface area contributed by atoms with Gasteiger partial charge in [-0.1, -0.05) is 0 Å². The molecule has 2 rings (SSSR count). The van der Waals surface area contributed by atoms with Gasteiger partial charge in [0.25, 0.3) is 11.6 Å². The van der Waals surface area contributed by atoms with E-state index in [0.29, 0.717) is 5.56 Å². The second kappa shape index (κ2) is 4.75. The normalized spacial score (nSPS) is 9.88. The molecule has 1 amide bonds. The highest BCUT2D eigenvalue weighted by Crippen LogP contribution is 2.17. The summed E-state index contributed by atoms with van der Waals surface area (Å²) < 4.78 is 0. The predicted octanol–water partition coefficient (Wildman–Crippen LogP) is 2.91. The van der Waals surface area contributed by atoms with Crippen LogP contribution < -0.4 is 5.32 Å². The second-order valence-corrected chi connectivity index (χ2v) is 4.18. The Hall–Kier alpha value is -2.21. The van der Waals surface area contributed by atoms with Crippen LogP contribution in [0.25, 0.3) is 0 Å². The SMILES string of the molecule is O=C(Nc1cccs1)c1ccc([N+](=O)[O-])cc1. The maximum atomic E-state index is 11.7. The zero-order valence-electron chi connectivity index (χ0n) is 8.62. The van der Waals surface area contributed by atoms with E-state index < -0.39 is 4.92 Å². The highest BCUT2D eigenvalue weighted by Gasteiger charge is 2.09. The summed E-state index contributed by atoms with van der Waals surface area (Å²) in [4.78, 5) is 21.7. The summed E-state index contributed by atoms with van der Waals surface area (Å²) in [5.74, 6) is -0.276. The van der Waals surface area contributed by atoms with Gasteiger partial charge in [-0.05, 0) is 29.6 Å². The van der Waals surface area contributed by atoms with Gasteiger partial charge in [-0.25, -0.2) is 0 Å². The fourth-order valence-electron chi connectivity index (χ4n) is 1.27.